The van der Waals surface area contributed by atoms with Gasteiger partial charge in [0.1, 0.15) is 5.82 Å². The van der Waals surface area contributed by atoms with Gasteiger partial charge in [0.05, 0.1) is 6.54 Å². The van der Waals surface area contributed by atoms with E-state index in [2.05, 4.69) is 49.4 Å². The summed E-state index contributed by atoms with van der Waals surface area (Å²) >= 11 is 0. The highest BCUT2D eigenvalue weighted by atomic mass is 127. The second kappa shape index (κ2) is 14.4. The van der Waals surface area contributed by atoms with Crippen molar-refractivity contribution in [1.29, 1.82) is 0 Å². The Morgan fingerprint density at radius 3 is 2.53 bits per heavy atom. The highest BCUT2D eigenvalue weighted by molar-refractivity contribution is 14.0. The van der Waals surface area contributed by atoms with Crippen LogP contribution in [0, 0.1) is 0 Å². The largest absolute Gasteiger partial charge is 0.356 e. The summed E-state index contributed by atoms with van der Waals surface area (Å²) < 4.78 is 2.19. The van der Waals surface area contributed by atoms with E-state index in [9.17, 15) is 4.79 Å². The fraction of sp³-hybridized carbons (Fsp3) is 0.346. The van der Waals surface area contributed by atoms with E-state index in [1.807, 2.05) is 42.7 Å². The number of nitrogens with zero attached hydrogens (tertiary/aromatic N) is 4. The van der Waals surface area contributed by atoms with Gasteiger partial charge in [-0.15, -0.1) is 24.0 Å². The molecular formula is C26H35IN6O. The van der Waals surface area contributed by atoms with Gasteiger partial charge >= 0.3 is 0 Å². The molecule has 0 spiro atoms. The second-order valence-corrected chi connectivity index (χ2v) is 8.13. The fourth-order valence-electron chi connectivity index (χ4n) is 3.64. The lowest BCUT2D eigenvalue weighted by Crippen LogP contribution is -2.38. The van der Waals surface area contributed by atoms with Gasteiger partial charge in [0, 0.05) is 52.2 Å². The predicted octanol–water partition coefficient (Wildman–Crippen LogP) is 3.74. The van der Waals surface area contributed by atoms with E-state index in [-0.39, 0.29) is 29.9 Å². The number of aliphatic imine (C=N–C) groups is 1. The molecule has 0 aliphatic carbocycles. The van der Waals surface area contributed by atoms with E-state index in [1.54, 1.807) is 26.0 Å². The molecule has 1 amide bonds. The molecule has 1 heterocycles. The molecule has 0 bridgehead atoms. The predicted molar refractivity (Wildman–Crippen MR) is 149 cm³/mol. The second-order valence-electron chi connectivity index (χ2n) is 8.13. The third-order valence-electron chi connectivity index (χ3n) is 5.43. The van der Waals surface area contributed by atoms with Crippen molar-refractivity contribution in [3.8, 4) is 0 Å². The quantitative estimate of drug-likeness (QED) is 0.220. The maximum Gasteiger partial charge on any atom is 0.253 e. The van der Waals surface area contributed by atoms with Crippen LogP contribution in [0.3, 0.4) is 0 Å². The average Bonchev–Trinajstić information content (AvgIpc) is 3.28. The Hall–Kier alpha value is -2.88. The topological polar surface area (TPSA) is 74.6 Å². The van der Waals surface area contributed by atoms with Gasteiger partial charge in [0.2, 0.25) is 0 Å². The number of hydrogen-bond acceptors (Lipinski definition) is 3. The van der Waals surface area contributed by atoms with Crippen molar-refractivity contribution in [2.45, 2.75) is 32.4 Å². The summed E-state index contributed by atoms with van der Waals surface area (Å²) in [4.78, 5) is 22.6. The van der Waals surface area contributed by atoms with Crippen molar-refractivity contribution < 1.29 is 4.79 Å². The summed E-state index contributed by atoms with van der Waals surface area (Å²) in [5.41, 5.74) is 3.18. The van der Waals surface area contributed by atoms with Crippen molar-refractivity contribution in [3.05, 3.63) is 89.5 Å². The van der Waals surface area contributed by atoms with Gasteiger partial charge in [0.15, 0.2) is 5.96 Å². The third-order valence-corrected chi connectivity index (χ3v) is 5.43. The zero-order valence-corrected chi connectivity index (χ0v) is 22.5. The highest BCUT2D eigenvalue weighted by Gasteiger charge is 2.08. The van der Waals surface area contributed by atoms with Crippen molar-refractivity contribution in [1.82, 2.24) is 25.1 Å². The monoisotopic (exact) mass is 574 g/mol. The first-order valence-corrected chi connectivity index (χ1v) is 11.4. The Morgan fingerprint density at radius 1 is 1.03 bits per heavy atom. The molecule has 0 saturated heterocycles. The van der Waals surface area contributed by atoms with Gasteiger partial charge in [-0.2, -0.15) is 0 Å². The standard InChI is InChI=1S/C26H34N6O.HI/c1-27-26(29-15-14-22-11-7-13-23(19-22)25(33)31(2)3)30-20-24-28-16-18-32(24)17-8-12-21-9-5-4-6-10-21;/h4-7,9-11,13,16,18-19H,8,12,14-15,17,20H2,1-3H3,(H2,27,29,30);1H. The van der Waals surface area contributed by atoms with Gasteiger partial charge in [-0.1, -0.05) is 42.5 Å². The molecule has 2 N–H and O–H groups in total. The summed E-state index contributed by atoms with van der Waals surface area (Å²) in [6.45, 7) is 2.25. The van der Waals surface area contributed by atoms with Gasteiger partial charge < -0.3 is 20.1 Å². The van der Waals surface area contributed by atoms with Crippen molar-refractivity contribution in [2.75, 3.05) is 27.7 Å². The summed E-state index contributed by atoms with van der Waals surface area (Å²) in [6, 6.07) is 18.3. The smallest absolute Gasteiger partial charge is 0.253 e. The van der Waals surface area contributed by atoms with Crippen LogP contribution in [0.5, 0.6) is 0 Å². The number of guanidine groups is 1. The van der Waals surface area contributed by atoms with Gasteiger partial charge in [-0.25, -0.2) is 4.98 Å². The van der Waals surface area contributed by atoms with Gasteiger partial charge in [-0.3, -0.25) is 9.79 Å². The summed E-state index contributed by atoms with van der Waals surface area (Å²) in [7, 11) is 5.29. The first kappa shape index (κ1) is 27.4. The molecule has 0 saturated carbocycles. The van der Waals surface area contributed by atoms with Gasteiger partial charge in [-0.05, 0) is 42.5 Å². The van der Waals surface area contributed by atoms with E-state index in [0.717, 1.165) is 43.2 Å². The maximum atomic E-state index is 12.2. The molecular weight excluding hydrogens is 539 g/mol. The van der Waals surface area contributed by atoms with Crippen molar-refractivity contribution in [3.63, 3.8) is 0 Å². The molecule has 3 aromatic rings. The zero-order chi connectivity index (χ0) is 23.5. The van der Waals surface area contributed by atoms with Crippen LogP contribution in [0.1, 0.15) is 33.7 Å². The number of hydrogen-bond donors (Lipinski definition) is 2. The van der Waals surface area contributed by atoms with Crippen molar-refractivity contribution >= 4 is 35.8 Å². The Kier molecular flexibility index (Phi) is 11.6. The molecule has 0 atom stereocenters. The highest BCUT2D eigenvalue weighted by Crippen LogP contribution is 2.08. The van der Waals surface area contributed by atoms with E-state index < -0.39 is 0 Å². The molecule has 0 aliphatic heterocycles. The fourth-order valence-corrected chi connectivity index (χ4v) is 3.64. The van der Waals surface area contributed by atoms with Crippen LogP contribution in [0.15, 0.2) is 72.0 Å². The number of carbonyl (C=O) groups is 1. The normalized spacial score (nSPS) is 11.0. The lowest BCUT2D eigenvalue weighted by atomic mass is 10.1. The van der Waals surface area contributed by atoms with Crippen molar-refractivity contribution in [2.24, 2.45) is 4.99 Å². The first-order chi connectivity index (χ1) is 16.1. The SMILES string of the molecule is CN=C(NCCc1cccc(C(=O)N(C)C)c1)NCc1nccn1CCCc1ccccc1.I. The Balaban J connectivity index is 0.00000408. The van der Waals surface area contributed by atoms with Crippen LogP contribution in [0.4, 0.5) is 0 Å². The number of halogens is 1. The molecule has 34 heavy (non-hydrogen) atoms. The number of benzene rings is 2. The summed E-state index contributed by atoms with van der Waals surface area (Å²) in [5.74, 6) is 1.73. The number of carbonyl (C=O) groups excluding carboxylic acids is 1. The zero-order valence-electron chi connectivity index (χ0n) is 20.2. The molecule has 3 rings (SSSR count). The van der Waals surface area contributed by atoms with E-state index in [4.69, 9.17) is 0 Å². The molecule has 182 valence electrons. The van der Waals surface area contributed by atoms with Crippen LogP contribution in [0.2, 0.25) is 0 Å². The van der Waals surface area contributed by atoms with E-state index >= 15 is 0 Å². The molecule has 0 fully saturated rings. The number of amides is 1. The van der Waals surface area contributed by atoms with E-state index in [1.165, 1.54) is 5.56 Å². The molecule has 1 aromatic heterocycles. The third kappa shape index (κ3) is 8.48. The molecule has 0 unspecified atom stereocenters. The Bertz CT molecular complexity index is 1050. The molecule has 2 aromatic carbocycles. The minimum Gasteiger partial charge on any atom is -0.356 e. The molecule has 7 nitrogen and oxygen atoms in total. The minimum atomic E-state index is 0. The van der Waals surface area contributed by atoms with Crippen LogP contribution in [-0.2, 0) is 25.9 Å². The summed E-state index contributed by atoms with van der Waals surface area (Å²) in [6.07, 6.45) is 6.79. The first-order valence-electron chi connectivity index (χ1n) is 11.4. The number of imidazole rings is 1. The minimum absolute atomic E-state index is 0. The maximum absolute atomic E-state index is 12.2. The van der Waals surface area contributed by atoms with Crippen LogP contribution in [-0.4, -0.2) is 54.0 Å². The van der Waals surface area contributed by atoms with E-state index in [0.29, 0.717) is 18.7 Å². The van der Waals surface area contributed by atoms with Crippen LogP contribution >= 0.6 is 24.0 Å². The lowest BCUT2D eigenvalue weighted by Gasteiger charge is -2.14. The number of aromatic nitrogens is 2. The lowest BCUT2D eigenvalue weighted by molar-refractivity contribution is 0.0827. The number of aryl methyl sites for hydroxylation is 2. The molecule has 0 radical (unpaired) electrons. The Morgan fingerprint density at radius 2 is 1.79 bits per heavy atom. The van der Waals surface area contributed by atoms with Gasteiger partial charge in [0.25, 0.3) is 5.91 Å². The molecule has 0 aliphatic rings. The number of rotatable bonds is 10. The number of nitrogens with one attached hydrogen (secondary N) is 2. The molecule has 8 heteroatoms. The van der Waals surface area contributed by atoms with Crippen LogP contribution in [0.25, 0.3) is 0 Å². The summed E-state index contributed by atoms with van der Waals surface area (Å²) in [5, 5.41) is 6.69. The van der Waals surface area contributed by atoms with Crippen LogP contribution < -0.4 is 10.6 Å². The average molecular weight is 575 g/mol. The Labute approximate surface area is 219 Å².